The number of dihydropyridines is 3. The van der Waals surface area contributed by atoms with Gasteiger partial charge in [-0.05, 0) is 161 Å². The van der Waals surface area contributed by atoms with E-state index >= 15 is 0 Å². The molecule has 4 aromatic rings. The molecule has 4 unspecified atom stereocenters. The van der Waals surface area contributed by atoms with E-state index in [4.69, 9.17) is 124 Å². The minimum absolute atomic E-state index is 0.0221. The number of isocyanates is 2. The molecule has 144 heavy (non-hydrogen) atoms. The fraction of sp³-hybridized carbons (Fsp3) is 0.475. The number of nitrogens with zero attached hydrogens (tertiary/aromatic N) is 3. The normalized spacial score (nSPS) is 15.9. The Bertz CT molecular complexity index is 5260. The van der Waals surface area contributed by atoms with Crippen molar-refractivity contribution in [2.75, 3.05) is 173 Å². The van der Waals surface area contributed by atoms with E-state index < -0.39 is 95.2 Å². The van der Waals surface area contributed by atoms with Crippen LogP contribution >= 0.6 is 46.4 Å². The molecule has 0 saturated carbocycles. The minimum Gasteiger partial charge on any atom is -0.466 e. The number of hydrogen-bond donors (Lipinski definition) is 9. The number of nitrogens with two attached hydrogens (primary N) is 2. The molecule has 5 aliphatic rings. The zero-order valence-corrected chi connectivity index (χ0v) is 86.9. The fourth-order valence-electron chi connectivity index (χ4n) is 15.2. The van der Waals surface area contributed by atoms with Gasteiger partial charge in [-0.2, -0.15) is 0 Å². The molecule has 9 rings (SSSR count). The van der Waals surface area contributed by atoms with Crippen molar-refractivity contribution in [2.24, 2.45) is 21.5 Å². The predicted octanol–water partition coefficient (Wildman–Crippen LogP) is 12.4. The third kappa shape index (κ3) is 37.2. The lowest BCUT2D eigenvalue weighted by atomic mass is 9.79. The molecular weight excluding hydrogens is 1950 g/mol. The number of unbranched alkanes of at least 4 members (excludes halogenated alkanes) is 2. The first kappa shape index (κ1) is 122. The Morgan fingerprint density at radius 2 is 0.701 bits per heavy atom. The van der Waals surface area contributed by atoms with Gasteiger partial charge in [-0.25, -0.2) is 72.3 Å². The maximum Gasteiger partial charge on any atom is 0.419 e. The van der Waals surface area contributed by atoms with Gasteiger partial charge >= 0.3 is 65.9 Å². The molecule has 4 atom stereocenters. The van der Waals surface area contributed by atoms with E-state index in [1.807, 2.05) is 0 Å². The van der Waals surface area contributed by atoms with Gasteiger partial charge < -0.3 is 115 Å². The zero-order chi connectivity index (χ0) is 106. The van der Waals surface area contributed by atoms with Crippen molar-refractivity contribution in [2.45, 2.75) is 144 Å². The molecule has 5 amide bonds. The number of benzene rings is 4. The van der Waals surface area contributed by atoms with Crippen molar-refractivity contribution < 1.29 is 129 Å². The average Bonchev–Trinajstić information content (AvgIpc) is 0.755. The maximum atomic E-state index is 13.4. The Morgan fingerprint density at radius 3 is 0.986 bits per heavy atom. The SMILES string of the molecule is C1CCOC1.CCOC(=O)C1=C(COCCN)N(C(=O)OC(C)(C)C)C(C)=C(C(=O)OC)C1c1ccccc1Cl.CCOC(=O)C1=C(COCCN)NC(C)=C(C(=O)OC)C1c1ccccc1Cl.CCOC(=O)C1=C(COCCNC(=O)NCCCCNC(=O)NCCOCC2=C(C(=O)OCC)C(c3ccccc3Cl)C(C(=O)OC)=C(C)N2)NC(C)=C(C(=O)OC)C1c1ccccc1Cl.O=C=NCCCCN=C=O. The lowest BCUT2D eigenvalue weighted by Gasteiger charge is -2.38. The van der Waals surface area contributed by atoms with Gasteiger partial charge in [-0.3, -0.25) is 4.90 Å². The monoisotopic (exact) mass is 2080 g/mol. The van der Waals surface area contributed by atoms with Crippen molar-refractivity contribution in [3.8, 4) is 0 Å². The first-order valence-electron chi connectivity index (χ1n) is 46.6. The van der Waals surface area contributed by atoms with Crippen LogP contribution < -0.4 is 48.7 Å². The van der Waals surface area contributed by atoms with Gasteiger partial charge in [0.2, 0.25) is 12.2 Å². The first-order chi connectivity index (χ1) is 69.1. The minimum atomic E-state index is -0.981. The topological polar surface area (TPSA) is 515 Å². The Kier molecular flexibility index (Phi) is 55.6. The second-order valence-electron chi connectivity index (χ2n) is 32.3. The molecule has 43 heteroatoms. The van der Waals surface area contributed by atoms with Crippen LogP contribution in [0.25, 0.3) is 0 Å². The van der Waals surface area contributed by atoms with Crippen molar-refractivity contribution in [1.82, 2.24) is 42.1 Å². The number of carbonyl (C=O) groups excluding carboxylic acids is 13. The lowest BCUT2D eigenvalue weighted by molar-refractivity contribution is -0.140. The Morgan fingerprint density at radius 1 is 0.410 bits per heavy atom. The van der Waals surface area contributed by atoms with Gasteiger partial charge in [-0.15, -0.1) is 0 Å². The largest absolute Gasteiger partial charge is 0.466 e. The van der Waals surface area contributed by atoms with E-state index in [1.165, 1.54) is 53.4 Å². The number of amides is 5. The smallest absolute Gasteiger partial charge is 0.419 e. The van der Waals surface area contributed by atoms with Crippen LogP contribution in [0.15, 0.2) is 197 Å². The van der Waals surface area contributed by atoms with Crippen molar-refractivity contribution in [3.63, 3.8) is 0 Å². The zero-order valence-electron chi connectivity index (χ0n) is 83.9. The first-order valence-corrected chi connectivity index (χ1v) is 48.1. The number of rotatable bonds is 44. The van der Waals surface area contributed by atoms with Crippen LogP contribution in [0.5, 0.6) is 0 Å². The number of hydrogen-bond acceptors (Lipinski definition) is 34. The summed E-state index contributed by atoms with van der Waals surface area (Å²) in [7, 11) is 5.03. The van der Waals surface area contributed by atoms with E-state index in [1.54, 1.807) is 173 Å². The van der Waals surface area contributed by atoms with E-state index in [0.29, 0.717) is 134 Å². The standard InChI is InChI=1S/C46H58Cl2N6O12.C25H33ClN2O7.C20H25ClN2O5.C6H8N2O2.C4H8O/c1-7-65-43(57)39-33(53-27(3)35(41(55)61-5)37(39)29-15-9-11-17-31(29)47)25-63-23-21-51-45(59)49-19-13-14-20-50-46(60)52-22-24-64-26-34-40(44(58)66-8-2)38(30-16-10-12-18-32(30)48)36(28(4)54-34)42(56)62-6;1-7-34-23(30)21-18(14-33-13-12-27)28(24(31)35-25(3,4)5)15(2)19(22(29)32-6)20(21)16-10-8-9-11-17(16)26;1-4-28-20(25)18-15(11-27-10-9-22)23-12(2)16(19(24)26-3)17(18)13-7-5-6-8-14(13)21;9-5-7-3-1-2-4-8-6-10;1-2-4-5-3-1/h9-12,15-18,37-38,53-54H,7-8,13-14,19-26H2,1-6H3,(H2,49,51,59)(H2,50,52,60);8-11,20H,7,12-14,27H2,1-6H3;5-8,17,23H,4,9-11,22H2,1-3H3;1-4H2;1-4H2. The van der Waals surface area contributed by atoms with Crippen LogP contribution in [0.4, 0.5) is 14.4 Å². The summed E-state index contributed by atoms with van der Waals surface area (Å²) in [5, 5.41) is 21.7. The summed E-state index contributed by atoms with van der Waals surface area (Å²) in [6.45, 7) is 24.1. The van der Waals surface area contributed by atoms with E-state index in [2.05, 4.69) is 47.2 Å². The highest BCUT2D eigenvalue weighted by Crippen LogP contribution is 2.48. The summed E-state index contributed by atoms with van der Waals surface area (Å²) in [6.07, 6.45) is 7.32. The quantitative estimate of drug-likeness (QED) is 0.00653. The van der Waals surface area contributed by atoms with Crippen LogP contribution in [-0.4, -0.2) is 262 Å². The molecular formula is C101H132Cl4N12O27. The van der Waals surface area contributed by atoms with Gasteiger partial charge in [0.05, 0.1) is 212 Å². The van der Waals surface area contributed by atoms with E-state index in [0.717, 1.165) is 31.0 Å². The summed E-state index contributed by atoms with van der Waals surface area (Å²) in [5.74, 6) is -8.62. The van der Waals surface area contributed by atoms with Gasteiger partial charge in [-0.1, -0.05) is 119 Å². The molecule has 11 N–H and O–H groups in total. The molecule has 0 aliphatic carbocycles. The van der Waals surface area contributed by atoms with Gasteiger partial charge in [0.25, 0.3) is 0 Å². The predicted molar refractivity (Wildman–Crippen MR) is 536 cm³/mol. The molecule has 786 valence electrons. The summed E-state index contributed by atoms with van der Waals surface area (Å²) >= 11 is 26.1. The second kappa shape index (κ2) is 65.6. The van der Waals surface area contributed by atoms with Crippen LogP contribution in [0.2, 0.25) is 20.1 Å². The highest BCUT2D eigenvalue weighted by Gasteiger charge is 2.47. The number of allylic oxidation sites excluding steroid dienone is 4. The summed E-state index contributed by atoms with van der Waals surface area (Å²) < 4.78 is 75.0. The van der Waals surface area contributed by atoms with Crippen molar-refractivity contribution in [3.05, 3.63) is 230 Å². The Labute approximate surface area is 858 Å². The van der Waals surface area contributed by atoms with Crippen molar-refractivity contribution >= 4 is 124 Å². The average molecular weight is 2090 g/mol. The van der Waals surface area contributed by atoms with Crippen LogP contribution in [0.3, 0.4) is 0 Å². The second-order valence-corrected chi connectivity index (χ2v) is 34.0. The molecule has 1 saturated heterocycles. The summed E-state index contributed by atoms with van der Waals surface area (Å²) in [5.41, 5.74) is 16.8. The number of halogens is 4. The van der Waals surface area contributed by atoms with Crippen LogP contribution in [0, 0.1) is 0 Å². The molecule has 0 radical (unpaired) electrons. The van der Waals surface area contributed by atoms with Gasteiger partial charge in [0.15, 0.2) is 0 Å². The van der Waals surface area contributed by atoms with Crippen LogP contribution in [0.1, 0.15) is 161 Å². The molecule has 5 heterocycles. The fourth-order valence-corrected chi connectivity index (χ4v) is 16.2. The highest BCUT2D eigenvalue weighted by atomic mass is 35.5. The van der Waals surface area contributed by atoms with Gasteiger partial charge in [0, 0.05) is 95.4 Å². The Hall–Kier alpha value is -12.6. The van der Waals surface area contributed by atoms with E-state index in [-0.39, 0.29) is 143 Å². The highest BCUT2D eigenvalue weighted by molar-refractivity contribution is 6.33. The maximum absolute atomic E-state index is 13.4. The number of urea groups is 2. The lowest BCUT2D eigenvalue weighted by Crippen LogP contribution is -2.43. The Balaban J connectivity index is 0.000000387. The molecule has 39 nitrogen and oxygen atoms in total. The molecule has 1 fully saturated rings. The number of nitrogens with one attached hydrogen (secondary N) is 7. The molecule has 0 aromatic heterocycles. The van der Waals surface area contributed by atoms with E-state index in [9.17, 15) is 62.3 Å². The number of carbonyl (C=O) groups is 11. The van der Waals surface area contributed by atoms with Crippen LogP contribution in [-0.2, 0) is 114 Å². The number of methoxy groups -OCH3 is 4. The third-order valence-corrected chi connectivity index (χ3v) is 22.7. The number of esters is 8. The molecule has 5 aliphatic heterocycles. The summed E-state index contributed by atoms with van der Waals surface area (Å²) in [6, 6.07) is 26.8. The van der Waals surface area contributed by atoms with Gasteiger partial charge in [0.1, 0.15) is 5.60 Å². The van der Waals surface area contributed by atoms with Crippen molar-refractivity contribution in [1.29, 1.82) is 0 Å². The summed E-state index contributed by atoms with van der Waals surface area (Å²) in [4.78, 5) is 170. The number of aliphatic imine (C=N–C) groups is 2. The number of ether oxygens (including phenoxy) is 14. The third-order valence-electron chi connectivity index (χ3n) is 21.3. The molecule has 0 bridgehead atoms. The molecule has 4 aromatic carbocycles. The molecule has 0 spiro atoms.